The second-order valence-electron chi connectivity index (χ2n) is 6.06. The Morgan fingerprint density at radius 2 is 2.18 bits per heavy atom. The number of aryl methyl sites for hydroxylation is 1. The number of fused-ring (bicyclic) bond motifs is 1. The molecule has 1 aromatic heterocycles. The molecule has 0 unspecified atom stereocenters. The molecule has 2 N–H and O–H groups in total. The summed E-state index contributed by atoms with van der Waals surface area (Å²) in [6.07, 6.45) is 0. The minimum atomic E-state index is -0.608. The molecule has 0 aliphatic carbocycles. The molecule has 2 heterocycles. The maximum absolute atomic E-state index is 14.3. The van der Waals surface area contributed by atoms with Crippen LogP contribution in [0.25, 0.3) is 11.3 Å². The molecular formula is C19H13ClFN3O3S. The SMILES string of the molecule is Cc1onc(-c2c(F)cccc2Cl)c1C(=O)Nc1ccc2c(c1)NC(=O)CS2. The topological polar surface area (TPSA) is 84.2 Å². The number of nitrogens with zero attached hydrogens (tertiary/aromatic N) is 1. The van der Waals surface area contributed by atoms with Crippen molar-refractivity contribution in [1.29, 1.82) is 0 Å². The van der Waals surface area contributed by atoms with E-state index in [1.807, 2.05) is 6.07 Å². The fourth-order valence-corrected chi connectivity index (χ4v) is 3.93. The highest BCUT2D eigenvalue weighted by Crippen LogP contribution is 2.35. The number of hydrogen-bond donors (Lipinski definition) is 2. The van der Waals surface area contributed by atoms with Crippen LogP contribution in [0.3, 0.4) is 0 Å². The number of carbonyl (C=O) groups excluding carboxylic acids is 2. The van der Waals surface area contributed by atoms with Crippen molar-refractivity contribution in [2.75, 3.05) is 16.4 Å². The lowest BCUT2D eigenvalue weighted by atomic mass is 10.0. The summed E-state index contributed by atoms with van der Waals surface area (Å²) in [6, 6.07) is 9.40. The van der Waals surface area contributed by atoms with Gasteiger partial charge in [-0.15, -0.1) is 11.8 Å². The first kappa shape index (κ1) is 18.5. The number of benzene rings is 2. The summed E-state index contributed by atoms with van der Waals surface area (Å²) in [7, 11) is 0. The minimum absolute atomic E-state index is 0.000251. The normalized spacial score (nSPS) is 13.0. The van der Waals surface area contributed by atoms with Crippen molar-refractivity contribution < 1.29 is 18.5 Å². The number of anilines is 2. The van der Waals surface area contributed by atoms with E-state index in [2.05, 4.69) is 15.8 Å². The molecule has 28 heavy (non-hydrogen) atoms. The molecule has 4 rings (SSSR count). The van der Waals surface area contributed by atoms with Crippen LogP contribution in [0.1, 0.15) is 16.1 Å². The molecular weight excluding hydrogens is 405 g/mol. The zero-order chi connectivity index (χ0) is 19.8. The van der Waals surface area contributed by atoms with E-state index in [9.17, 15) is 14.0 Å². The average molecular weight is 418 g/mol. The summed E-state index contributed by atoms with van der Waals surface area (Å²) in [6.45, 7) is 1.56. The Morgan fingerprint density at radius 1 is 1.36 bits per heavy atom. The summed E-state index contributed by atoms with van der Waals surface area (Å²) in [5.74, 6) is -0.655. The first-order chi connectivity index (χ1) is 13.4. The lowest BCUT2D eigenvalue weighted by Gasteiger charge is -2.17. The zero-order valence-corrected chi connectivity index (χ0v) is 16.1. The molecule has 9 heteroatoms. The first-order valence-electron chi connectivity index (χ1n) is 8.22. The Balaban J connectivity index is 1.68. The van der Waals surface area contributed by atoms with E-state index in [4.69, 9.17) is 16.1 Å². The summed E-state index contributed by atoms with van der Waals surface area (Å²) in [4.78, 5) is 25.4. The standard InChI is InChI=1S/C19H13ClFN3O3S/c1-9-16(18(24-27-9)17-11(20)3-2-4-12(17)21)19(26)22-10-5-6-14-13(7-10)23-15(25)8-28-14/h2-7H,8H2,1H3,(H,22,26)(H,23,25). The second kappa shape index (κ2) is 7.29. The smallest absolute Gasteiger partial charge is 0.261 e. The molecule has 1 aliphatic rings. The lowest BCUT2D eigenvalue weighted by molar-refractivity contribution is -0.113. The predicted molar refractivity (Wildman–Crippen MR) is 105 cm³/mol. The first-order valence-corrected chi connectivity index (χ1v) is 9.59. The molecule has 142 valence electrons. The highest BCUT2D eigenvalue weighted by atomic mass is 35.5. The Bertz CT molecular complexity index is 1100. The summed E-state index contributed by atoms with van der Waals surface area (Å²) < 4.78 is 19.4. The van der Waals surface area contributed by atoms with E-state index in [-0.39, 0.29) is 33.5 Å². The van der Waals surface area contributed by atoms with Gasteiger partial charge in [0.25, 0.3) is 5.91 Å². The van der Waals surface area contributed by atoms with Gasteiger partial charge in [-0.1, -0.05) is 22.8 Å². The highest BCUT2D eigenvalue weighted by molar-refractivity contribution is 8.00. The van der Waals surface area contributed by atoms with Gasteiger partial charge in [0.15, 0.2) is 0 Å². The molecule has 0 bridgehead atoms. The summed E-state index contributed by atoms with van der Waals surface area (Å²) >= 11 is 7.53. The van der Waals surface area contributed by atoms with E-state index in [1.165, 1.54) is 30.0 Å². The Kier molecular flexibility index (Phi) is 4.82. The predicted octanol–water partition coefficient (Wildman–Crippen LogP) is 4.74. The number of rotatable bonds is 3. The quantitative estimate of drug-likeness (QED) is 0.643. The molecule has 0 atom stereocenters. The minimum Gasteiger partial charge on any atom is -0.360 e. The van der Waals surface area contributed by atoms with E-state index < -0.39 is 11.7 Å². The number of nitrogens with one attached hydrogen (secondary N) is 2. The van der Waals surface area contributed by atoms with Crippen LogP contribution >= 0.6 is 23.4 Å². The lowest BCUT2D eigenvalue weighted by Crippen LogP contribution is -2.19. The van der Waals surface area contributed by atoms with Crippen LogP contribution in [0.15, 0.2) is 45.8 Å². The molecule has 6 nitrogen and oxygen atoms in total. The highest BCUT2D eigenvalue weighted by Gasteiger charge is 2.26. The van der Waals surface area contributed by atoms with Gasteiger partial charge < -0.3 is 15.2 Å². The molecule has 2 aromatic carbocycles. The van der Waals surface area contributed by atoms with Gasteiger partial charge in [-0.2, -0.15) is 0 Å². The zero-order valence-electron chi connectivity index (χ0n) is 14.5. The van der Waals surface area contributed by atoms with Crippen molar-refractivity contribution in [1.82, 2.24) is 5.16 Å². The molecule has 0 saturated heterocycles. The maximum Gasteiger partial charge on any atom is 0.261 e. The van der Waals surface area contributed by atoms with Gasteiger partial charge in [-0.25, -0.2) is 4.39 Å². The van der Waals surface area contributed by atoms with Crippen molar-refractivity contribution in [2.45, 2.75) is 11.8 Å². The van der Waals surface area contributed by atoms with E-state index in [0.717, 1.165) is 4.90 Å². The molecule has 0 radical (unpaired) electrons. The molecule has 0 saturated carbocycles. The summed E-state index contributed by atoms with van der Waals surface area (Å²) in [5.41, 5.74) is 1.21. The van der Waals surface area contributed by atoms with Crippen LogP contribution in [0.5, 0.6) is 0 Å². The van der Waals surface area contributed by atoms with Crippen LogP contribution in [0.4, 0.5) is 15.8 Å². The molecule has 0 fully saturated rings. The van der Waals surface area contributed by atoms with Crippen LogP contribution in [-0.4, -0.2) is 22.7 Å². The van der Waals surface area contributed by atoms with Gasteiger partial charge in [0, 0.05) is 10.6 Å². The van der Waals surface area contributed by atoms with Crippen molar-refractivity contribution in [3.63, 3.8) is 0 Å². The van der Waals surface area contributed by atoms with Crippen molar-refractivity contribution in [3.05, 3.63) is 58.6 Å². The molecule has 3 aromatic rings. The second-order valence-corrected chi connectivity index (χ2v) is 7.49. The molecule has 2 amide bonds. The number of hydrogen-bond acceptors (Lipinski definition) is 5. The monoisotopic (exact) mass is 417 g/mol. The maximum atomic E-state index is 14.3. The van der Waals surface area contributed by atoms with Gasteiger partial charge in [-0.05, 0) is 37.3 Å². The van der Waals surface area contributed by atoms with Crippen molar-refractivity contribution in [2.24, 2.45) is 0 Å². The average Bonchev–Trinajstić information content (AvgIpc) is 3.02. The number of carbonyl (C=O) groups is 2. The van der Waals surface area contributed by atoms with Crippen LogP contribution in [0, 0.1) is 12.7 Å². The number of thioether (sulfide) groups is 1. The van der Waals surface area contributed by atoms with E-state index >= 15 is 0 Å². The van der Waals surface area contributed by atoms with Crippen molar-refractivity contribution >= 4 is 46.6 Å². The summed E-state index contributed by atoms with van der Waals surface area (Å²) in [5, 5.41) is 9.45. The van der Waals surface area contributed by atoms with Gasteiger partial charge in [0.1, 0.15) is 22.8 Å². The van der Waals surface area contributed by atoms with Gasteiger partial charge in [-0.3, -0.25) is 9.59 Å². The fourth-order valence-electron chi connectivity index (χ4n) is 2.89. The Labute approximate surface area is 168 Å². The largest absolute Gasteiger partial charge is 0.360 e. The number of aromatic nitrogens is 1. The molecule has 1 aliphatic heterocycles. The third-order valence-electron chi connectivity index (χ3n) is 4.16. The van der Waals surface area contributed by atoms with Gasteiger partial charge in [0.05, 0.1) is 22.0 Å². The van der Waals surface area contributed by atoms with E-state index in [0.29, 0.717) is 17.1 Å². The van der Waals surface area contributed by atoms with Crippen LogP contribution in [-0.2, 0) is 4.79 Å². The van der Waals surface area contributed by atoms with E-state index in [1.54, 1.807) is 19.1 Å². The van der Waals surface area contributed by atoms with Crippen LogP contribution in [0.2, 0.25) is 5.02 Å². The Hall–Kier alpha value is -2.84. The number of halogens is 2. The molecule has 0 spiro atoms. The fraction of sp³-hybridized carbons (Fsp3) is 0.105. The Morgan fingerprint density at radius 3 is 2.96 bits per heavy atom. The van der Waals surface area contributed by atoms with Gasteiger partial charge in [0.2, 0.25) is 5.91 Å². The number of amides is 2. The van der Waals surface area contributed by atoms with Gasteiger partial charge >= 0.3 is 0 Å². The third kappa shape index (κ3) is 3.36. The third-order valence-corrected chi connectivity index (χ3v) is 5.55. The van der Waals surface area contributed by atoms with Crippen LogP contribution < -0.4 is 10.6 Å². The van der Waals surface area contributed by atoms with Crippen molar-refractivity contribution in [3.8, 4) is 11.3 Å².